The van der Waals surface area contributed by atoms with Gasteiger partial charge >= 0.3 is 0 Å². The van der Waals surface area contributed by atoms with Crippen LogP contribution in [0.25, 0.3) is 0 Å². The molecular weight excluding hydrogens is 486 g/mol. The highest BCUT2D eigenvalue weighted by Crippen LogP contribution is 2.22. The van der Waals surface area contributed by atoms with E-state index < -0.39 is 0 Å². The average molecular weight is 514 g/mol. The Morgan fingerprint density at radius 3 is 2.41 bits per heavy atom. The Labute approximate surface area is 221 Å². The molecule has 3 aromatic carbocycles. The molecule has 4 aromatic rings. The van der Waals surface area contributed by atoms with Gasteiger partial charge in [-0.1, -0.05) is 60.1 Å². The van der Waals surface area contributed by atoms with E-state index in [1.807, 2.05) is 78.9 Å². The van der Waals surface area contributed by atoms with Crippen LogP contribution in [0.1, 0.15) is 30.4 Å². The fraction of sp³-hybridized carbons (Fsp3) is 0.214. The molecule has 0 spiro atoms. The van der Waals surface area contributed by atoms with Crippen LogP contribution in [0, 0.1) is 0 Å². The number of aromatic nitrogens is 3. The van der Waals surface area contributed by atoms with Gasteiger partial charge < -0.3 is 15.0 Å². The molecular formula is C28H28ClN7O. The third-order valence-corrected chi connectivity index (χ3v) is 6.29. The fourth-order valence-electron chi connectivity index (χ4n) is 4.01. The van der Waals surface area contributed by atoms with E-state index in [1.165, 1.54) is 6.42 Å². The van der Waals surface area contributed by atoms with Crippen molar-refractivity contribution in [1.29, 1.82) is 0 Å². The van der Waals surface area contributed by atoms with Crippen LogP contribution >= 0.6 is 11.6 Å². The van der Waals surface area contributed by atoms with E-state index in [4.69, 9.17) is 16.3 Å². The zero-order valence-electron chi connectivity index (χ0n) is 20.3. The van der Waals surface area contributed by atoms with Gasteiger partial charge in [0.25, 0.3) is 0 Å². The predicted octanol–water partition coefficient (Wildman–Crippen LogP) is 6.28. The summed E-state index contributed by atoms with van der Waals surface area (Å²) < 4.78 is 6.03. The molecule has 0 amide bonds. The van der Waals surface area contributed by atoms with Gasteiger partial charge in [0.05, 0.1) is 6.21 Å². The second-order valence-electron chi connectivity index (χ2n) is 8.61. The first-order valence-electron chi connectivity index (χ1n) is 12.3. The molecule has 2 N–H and O–H groups in total. The van der Waals surface area contributed by atoms with Crippen LogP contribution < -0.4 is 20.4 Å². The monoisotopic (exact) mass is 513 g/mol. The third-order valence-electron chi connectivity index (χ3n) is 5.92. The summed E-state index contributed by atoms with van der Waals surface area (Å²) in [5, 5.41) is 8.34. The first-order chi connectivity index (χ1) is 18.2. The number of rotatable bonds is 9. The van der Waals surface area contributed by atoms with E-state index in [0.29, 0.717) is 35.2 Å². The lowest BCUT2D eigenvalue weighted by atomic mass is 10.1. The zero-order chi connectivity index (χ0) is 25.3. The number of nitrogens with one attached hydrogen (secondary N) is 2. The lowest BCUT2D eigenvalue weighted by Gasteiger charge is -2.26. The normalized spacial score (nSPS) is 13.5. The van der Waals surface area contributed by atoms with Crippen molar-refractivity contribution in [3.05, 3.63) is 95.0 Å². The molecule has 0 unspecified atom stereocenters. The van der Waals surface area contributed by atoms with Gasteiger partial charge in [0, 0.05) is 34.9 Å². The molecule has 9 heteroatoms. The molecule has 1 aromatic heterocycles. The zero-order valence-corrected chi connectivity index (χ0v) is 21.1. The highest BCUT2D eigenvalue weighted by Gasteiger charge is 2.16. The maximum atomic E-state index is 6.27. The average Bonchev–Trinajstić information content (AvgIpc) is 2.94. The number of hydrogen-bond donors (Lipinski definition) is 2. The van der Waals surface area contributed by atoms with Crippen molar-refractivity contribution in [1.82, 2.24) is 15.0 Å². The third kappa shape index (κ3) is 6.74. The minimum Gasteiger partial charge on any atom is -0.488 e. The van der Waals surface area contributed by atoms with Crippen LogP contribution in [0.4, 0.5) is 23.5 Å². The second kappa shape index (κ2) is 12.2. The van der Waals surface area contributed by atoms with E-state index in [0.717, 1.165) is 42.7 Å². The maximum Gasteiger partial charge on any atom is 0.250 e. The fourth-order valence-corrected chi connectivity index (χ4v) is 4.20. The SMILES string of the molecule is Clc1ccccc1COc1ccccc1/C=N\Nc1nc(Nc2ccccc2)nc(N2CCCCC2)n1. The molecule has 1 aliphatic heterocycles. The molecule has 5 rings (SSSR count). The van der Waals surface area contributed by atoms with E-state index in [2.05, 4.69) is 35.7 Å². The molecule has 0 atom stereocenters. The molecule has 1 aliphatic rings. The van der Waals surface area contributed by atoms with Crippen molar-refractivity contribution in [3.8, 4) is 5.75 Å². The van der Waals surface area contributed by atoms with Crippen molar-refractivity contribution in [2.75, 3.05) is 28.7 Å². The number of hydrazone groups is 1. The Morgan fingerprint density at radius 1 is 0.838 bits per heavy atom. The van der Waals surface area contributed by atoms with Gasteiger partial charge in [0.2, 0.25) is 17.8 Å². The summed E-state index contributed by atoms with van der Waals surface area (Å²) in [4.78, 5) is 16.0. The van der Waals surface area contributed by atoms with E-state index >= 15 is 0 Å². The van der Waals surface area contributed by atoms with Gasteiger partial charge in [-0.15, -0.1) is 0 Å². The van der Waals surface area contributed by atoms with Gasteiger partial charge in [-0.3, -0.25) is 0 Å². The number of benzene rings is 3. The van der Waals surface area contributed by atoms with Crippen LogP contribution in [0.3, 0.4) is 0 Å². The molecule has 0 saturated carbocycles. The topological polar surface area (TPSA) is 87.6 Å². The van der Waals surface area contributed by atoms with Crippen LogP contribution in [-0.2, 0) is 6.61 Å². The van der Waals surface area contributed by atoms with E-state index in [9.17, 15) is 0 Å². The first kappa shape index (κ1) is 24.5. The highest BCUT2D eigenvalue weighted by atomic mass is 35.5. The van der Waals surface area contributed by atoms with Gasteiger partial charge in [-0.2, -0.15) is 20.1 Å². The summed E-state index contributed by atoms with van der Waals surface area (Å²) in [6.45, 7) is 2.21. The quantitative estimate of drug-likeness (QED) is 0.201. The predicted molar refractivity (Wildman–Crippen MR) is 149 cm³/mol. The Kier molecular flexibility index (Phi) is 8.07. The van der Waals surface area contributed by atoms with Crippen molar-refractivity contribution in [2.45, 2.75) is 25.9 Å². The molecule has 0 radical (unpaired) electrons. The summed E-state index contributed by atoms with van der Waals surface area (Å²) in [6, 6.07) is 25.2. The Bertz CT molecular complexity index is 1340. The highest BCUT2D eigenvalue weighted by molar-refractivity contribution is 6.31. The number of hydrogen-bond acceptors (Lipinski definition) is 8. The Morgan fingerprint density at radius 2 is 1.57 bits per heavy atom. The van der Waals surface area contributed by atoms with Crippen LogP contribution in [-0.4, -0.2) is 34.3 Å². The van der Waals surface area contributed by atoms with Crippen LogP contribution in [0.5, 0.6) is 5.75 Å². The largest absolute Gasteiger partial charge is 0.488 e. The number of anilines is 4. The van der Waals surface area contributed by atoms with Gasteiger partial charge in [0.1, 0.15) is 12.4 Å². The van der Waals surface area contributed by atoms with Crippen LogP contribution in [0.15, 0.2) is 84.0 Å². The first-order valence-corrected chi connectivity index (χ1v) is 12.7. The molecule has 2 heterocycles. The van der Waals surface area contributed by atoms with E-state index in [-0.39, 0.29) is 0 Å². The van der Waals surface area contributed by atoms with Crippen LogP contribution in [0.2, 0.25) is 5.02 Å². The lowest BCUT2D eigenvalue weighted by molar-refractivity contribution is 0.306. The van der Waals surface area contributed by atoms with Gasteiger partial charge in [0.15, 0.2) is 0 Å². The second-order valence-corrected chi connectivity index (χ2v) is 9.02. The molecule has 8 nitrogen and oxygen atoms in total. The van der Waals surface area contributed by atoms with Gasteiger partial charge in [-0.05, 0) is 49.6 Å². The number of nitrogens with zero attached hydrogens (tertiary/aromatic N) is 5. The minimum absolute atomic E-state index is 0.360. The van der Waals surface area contributed by atoms with Crippen molar-refractivity contribution >= 4 is 41.3 Å². The van der Waals surface area contributed by atoms with Crippen molar-refractivity contribution in [2.24, 2.45) is 5.10 Å². The maximum absolute atomic E-state index is 6.27. The summed E-state index contributed by atoms with van der Waals surface area (Å²) in [5.41, 5.74) is 5.61. The number of ether oxygens (including phenoxy) is 1. The van der Waals surface area contributed by atoms with E-state index in [1.54, 1.807) is 6.21 Å². The summed E-state index contributed by atoms with van der Waals surface area (Å²) in [5.74, 6) is 2.15. The summed E-state index contributed by atoms with van der Waals surface area (Å²) in [7, 11) is 0. The van der Waals surface area contributed by atoms with Crippen molar-refractivity contribution < 1.29 is 4.74 Å². The number of para-hydroxylation sites is 2. The van der Waals surface area contributed by atoms with Crippen molar-refractivity contribution in [3.63, 3.8) is 0 Å². The summed E-state index contributed by atoms with van der Waals surface area (Å²) >= 11 is 6.27. The Hall–Kier alpha value is -4.17. The molecule has 0 bridgehead atoms. The molecule has 37 heavy (non-hydrogen) atoms. The molecule has 1 fully saturated rings. The number of piperidine rings is 1. The van der Waals surface area contributed by atoms with Gasteiger partial charge in [-0.25, -0.2) is 5.43 Å². The standard InChI is InChI=1S/C28H28ClN7O/c29-24-15-7-5-12-22(24)20-37-25-16-8-6-11-21(25)19-30-35-27-32-26(31-23-13-3-1-4-14-23)33-28(34-27)36-17-9-2-10-18-36/h1,3-8,11-16,19H,2,9-10,17-18,20H2,(H2,31,32,33,34,35)/b30-19-. The lowest BCUT2D eigenvalue weighted by Crippen LogP contribution is -2.31. The molecule has 188 valence electrons. The molecule has 0 aliphatic carbocycles. The minimum atomic E-state index is 0.360. The molecule has 1 saturated heterocycles. The smallest absolute Gasteiger partial charge is 0.250 e. The Balaban J connectivity index is 1.32. The summed E-state index contributed by atoms with van der Waals surface area (Å²) in [6.07, 6.45) is 5.17. The number of halogens is 1.